The molecule has 96 valence electrons. The Morgan fingerprint density at radius 3 is 2.89 bits per heavy atom. The lowest BCUT2D eigenvalue weighted by Gasteiger charge is -2.07. The van der Waals surface area contributed by atoms with Crippen LogP contribution < -0.4 is 10.6 Å². The highest BCUT2D eigenvalue weighted by Gasteiger charge is 2.14. The van der Waals surface area contributed by atoms with Gasteiger partial charge in [0.15, 0.2) is 0 Å². The number of hydrogen-bond acceptors (Lipinski definition) is 2. The average Bonchev–Trinajstić information content (AvgIpc) is 2.89. The molecule has 18 heavy (non-hydrogen) atoms. The Morgan fingerprint density at radius 2 is 2.22 bits per heavy atom. The van der Waals surface area contributed by atoms with Crippen LogP contribution in [0.3, 0.4) is 0 Å². The molecule has 2 N–H and O–H groups in total. The summed E-state index contributed by atoms with van der Waals surface area (Å²) >= 11 is 5.79. The fourth-order valence-electron chi connectivity index (χ4n) is 1.94. The van der Waals surface area contributed by atoms with Gasteiger partial charge in [0, 0.05) is 17.6 Å². The Kier molecular flexibility index (Phi) is 4.79. The second-order valence-electron chi connectivity index (χ2n) is 4.49. The molecule has 1 atom stereocenters. The van der Waals surface area contributed by atoms with E-state index in [2.05, 4.69) is 10.6 Å². The zero-order chi connectivity index (χ0) is 12.8. The Bertz CT molecular complexity index is 422. The van der Waals surface area contributed by atoms with Gasteiger partial charge in [-0.3, -0.25) is 4.79 Å². The number of amides is 1. The van der Waals surface area contributed by atoms with Crippen LogP contribution in [-0.2, 0) is 4.79 Å². The van der Waals surface area contributed by atoms with Gasteiger partial charge in [-0.2, -0.15) is 0 Å². The third-order valence-electron chi connectivity index (χ3n) is 3.02. The van der Waals surface area contributed by atoms with Gasteiger partial charge in [-0.25, -0.2) is 0 Å². The van der Waals surface area contributed by atoms with Crippen molar-refractivity contribution in [1.29, 1.82) is 0 Å². The molecule has 1 aromatic carbocycles. The number of nitrogens with one attached hydrogen (secondary N) is 2. The van der Waals surface area contributed by atoms with Crippen LogP contribution >= 0.6 is 11.6 Å². The second kappa shape index (κ2) is 6.57. The Morgan fingerprint density at radius 1 is 1.44 bits per heavy atom. The van der Waals surface area contributed by atoms with Crippen LogP contribution in [0, 0.1) is 5.92 Å². The molecule has 0 spiro atoms. The van der Waals surface area contributed by atoms with E-state index in [0.29, 0.717) is 10.9 Å². The van der Waals surface area contributed by atoms with Crippen LogP contribution in [0.5, 0.6) is 0 Å². The summed E-state index contributed by atoms with van der Waals surface area (Å²) in [6, 6.07) is 7.38. The third kappa shape index (κ3) is 4.17. The summed E-state index contributed by atoms with van der Waals surface area (Å²) in [7, 11) is 0. The van der Waals surface area contributed by atoms with Crippen LogP contribution in [-0.4, -0.2) is 25.5 Å². The van der Waals surface area contributed by atoms with Crippen LogP contribution in [0.1, 0.15) is 12.0 Å². The largest absolute Gasteiger partial charge is 0.352 e. The first kappa shape index (κ1) is 13.1. The van der Waals surface area contributed by atoms with Crippen LogP contribution in [0.25, 0.3) is 6.08 Å². The molecular formula is C14H17ClN2O. The lowest BCUT2D eigenvalue weighted by Crippen LogP contribution is -2.28. The minimum atomic E-state index is -0.0446. The maximum absolute atomic E-state index is 11.6. The number of benzene rings is 1. The van der Waals surface area contributed by atoms with Crippen molar-refractivity contribution in [2.75, 3.05) is 19.6 Å². The van der Waals surface area contributed by atoms with Gasteiger partial charge in [-0.15, -0.1) is 0 Å². The zero-order valence-electron chi connectivity index (χ0n) is 10.2. The standard InChI is InChI=1S/C14H17ClN2O/c15-13-4-1-11(2-5-13)3-6-14(18)17-10-12-7-8-16-9-12/h1-6,12,16H,7-10H2,(H,17,18)/b6-3+. The van der Waals surface area contributed by atoms with Crippen molar-refractivity contribution in [3.05, 3.63) is 40.9 Å². The molecule has 0 saturated carbocycles. The zero-order valence-corrected chi connectivity index (χ0v) is 10.9. The molecule has 1 fully saturated rings. The molecule has 1 aromatic rings. The number of carbonyl (C=O) groups is 1. The van der Waals surface area contributed by atoms with Crippen molar-refractivity contribution < 1.29 is 4.79 Å². The maximum Gasteiger partial charge on any atom is 0.244 e. The molecule has 0 bridgehead atoms. The molecule has 2 rings (SSSR count). The first-order valence-corrected chi connectivity index (χ1v) is 6.54. The number of rotatable bonds is 4. The van der Waals surface area contributed by atoms with E-state index in [0.717, 1.165) is 31.6 Å². The molecule has 4 heteroatoms. The van der Waals surface area contributed by atoms with Crippen molar-refractivity contribution in [2.45, 2.75) is 6.42 Å². The highest BCUT2D eigenvalue weighted by Crippen LogP contribution is 2.10. The number of carbonyl (C=O) groups excluding carboxylic acids is 1. The highest BCUT2D eigenvalue weighted by atomic mass is 35.5. The van der Waals surface area contributed by atoms with Crippen molar-refractivity contribution in [3.63, 3.8) is 0 Å². The van der Waals surface area contributed by atoms with Gasteiger partial charge in [-0.1, -0.05) is 23.7 Å². The van der Waals surface area contributed by atoms with Crippen molar-refractivity contribution in [3.8, 4) is 0 Å². The molecule has 3 nitrogen and oxygen atoms in total. The number of halogens is 1. The summed E-state index contributed by atoms with van der Waals surface area (Å²) in [5, 5.41) is 6.89. The molecule has 0 radical (unpaired) electrons. The number of hydrogen-bond donors (Lipinski definition) is 2. The molecule has 0 aliphatic carbocycles. The van der Waals surface area contributed by atoms with E-state index < -0.39 is 0 Å². The van der Waals surface area contributed by atoms with Gasteiger partial charge in [0.05, 0.1) is 0 Å². The molecule has 1 unspecified atom stereocenters. The summed E-state index contributed by atoms with van der Waals surface area (Å²) in [6.45, 7) is 2.80. The molecule has 1 amide bonds. The summed E-state index contributed by atoms with van der Waals surface area (Å²) in [4.78, 5) is 11.6. The minimum absolute atomic E-state index is 0.0446. The fraction of sp³-hybridized carbons (Fsp3) is 0.357. The molecule has 1 saturated heterocycles. The van der Waals surface area contributed by atoms with E-state index in [1.807, 2.05) is 24.3 Å². The smallest absolute Gasteiger partial charge is 0.244 e. The van der Waals surface area contributed by atoms with Gasteiger partial charge < -0.3 is 10.6 Å². The maximum atomic E-state index is 11.6. The topological polar surface area (TPSA) is 41.1 Å². The average molecular weight is 265 g/mol. The van der Waals surface area contributed by atoms with E-state index in [9.17, 15) is 4.79 Å². The van der Waals surface area contributed by atoms with Gasteiger partial charge in [-0.05, 0) is 49.2 Å². The van der Waals surface area contributed by atoms with Crippen LogP contribution in [0.4, 0.5) is 0 Å². The van der Waals surface area contributed by atoms with E-state index >= 15 is 0 Å². The SMILES string of the molecule is O=C(/C=C/c1ccc(Cl)cc1)NCC1CCNC1. The molecule has 1 aliphatic heterocycles. The van der Waals surface area contributed by atoms with E-state index in [-0.39, 0.29) is 5.91 Å². The van der Waals surface area contributed by atoms with Gasteiger partial charge >= 0.3 is 0 Å². The molecule has 1 heterocycles. The summed E-state index contributed by atoms with van der Waals surface area (Å²) in [6.07, 6.45) is 4.49. The van der Waals surface area contributed by atoms with Gasteiger partial charge in [0.2, 0.25) is 5.91 Å². The molecule has 0 aromatic heterocycles. The molecular weight excluding hydrogens is 248 g/mol. The highest BCUT2D eigenvalue weighted by molar-refractivity contribution is 6.30. The Labute approximate surface area is 112 Å². The van der Waals surface area contributed by atoms with Crippen LogP contribution in [0.2, 0.25) is 5.02 Å². The molecule has 1 aliphatic rings. The van der Waals surface area contributed by atoms with E-state index in [1.54, 1.807) is 12.2 Å². The summed E-state index contributed by atoms with van der Waals surface area (Å²) < 4.78 is 0. The predicted molar refractivity (Wildman–Crippen MR) is 74.5 cm³/mol. The van der Waals surface area contributed by atoms with Gasteiger partial charge in [0.25, 0.3) is 0 Å². The van der Waals surface area contributed by atoms with Crippen molar-refractivity contribution in [1.82, 2.24) is 10.6 Å². The first-order chi connectivity index (χ1) is 8.74. The monoisotopic (exact) mass is 264 g/mol. The Hall–Kier alpha value is -1.32. The lowest BCUT2D eigenvalue weighted by molar-refractivity contribution is -0.116. The summed E-state index contributed by atoms with van der Waals surface area (Å²) in [5.74, 6) is 0.523. The van der Waals surface area contributed by atoms with E-state index in [4.69, 9.17) is 11.6 Å². The van der Waals surface area contributed by atoms with E-state index in [1.165, 1.54) is 0 Å². The quantitative estimate of drug-likeness (QED) is 0.818. The predicted octanol–water partition coefficient (Wildman–Crippen LogP) is 2.08. The van der Waals surface area contributed by atoms with Crippen molar-refractivity contribution in [2.24, 2.45) is 5.92 Å². The van der Waals surface area contributed by atoms with Gasteiger partial charge in [0.1, 0.15) is 0 Å². The second-order valence-corrected chi connectivity index (χ2v) is 4.93. The minimum Gasteiger partial charge on any atom is -0.352 e. The van der Waals surface area contributed by atoms with Crippen LogP contribution in [0.15, 0.2) is 30.3 Å². The lowest BCUT2D eigenvalue weighted by atomic mass is 10.1. The third-order valence-corrected chi connectivity index (χ3v) is 3.28. The normalized spacial score (nSPS) is 19.3. The fourth-order valence-corrected chi connectivity index (χ4v) is 2.06. The van der Waals surface area contributed by atoms with Crippen molar-refractivity contribution >= 4 is 23.6 Å². The Balaban J connectivity index is 1.77. The first-order valence-electron chi connectivity index (χ1n) is 6.16. The summed E-state index contributed by atoms with van der Waals surface area (Å²) in [5.41, 5.74) is 0.970.